The average molecular weight is 433 g/mol. The van der Waals surface area contributed by atoms with Crippen LogP contribution < -0.4 is 9.64 Å². The Balaban J connectivity index is 1.58. The van der Waals surface area contributed by atoms with E-state index < -0.39 is 6.04 Å². The van der Waals surface area contributed by atoms with E-state index in [0.29, 0.717) is 18.0 Å². The van der Waals surface area contributed by atoms with Crippen LogP contribution in [-0.2, 0) is 14.3 Å². The van der Waals surface area contributed by atoms with Gasteiger partial charge in [0.25, 0.3) is 5.91 Å². The Bertz CT molecular complexity index is 1050. The Kier molecular flexibility index (Phi) is 5.68. The Morgan fingerprint density at radius 3 is 2.81 bits per heavy atom. The van der Waals surface area contributed by atoms with E-state index in [1.165, 1.54) is 0 Å². The molecule has 6 nitrogen and oxygen atoms in total. The second kappa shape index (κ2) is 8.77. The molecule has 1 aromatic heterocycles. The molecule has 2 aromatic rings. The molecule has 1 amide bonds. The van der Waals surface area contributed by atoms with Crippen LogP contribution in [0, 0.1) is 5.92 Å². The van der Waals surface area contributed by atoms with Crippen LogP contribution in [0.5, 0.6) is 5.75 Å². The number of anilines is 1. The first kappa shape index (κ1) is 20.7. The van der Waals surface area contributed by atoms with E-state index in [2.05, 4.69) is 11.9 Å². The number of amides is 1. The van der Waals surface area contributed by atoms with Crippen molar-refractivity contribution >= 4 is 17.5 Å². The number of unbranched alkanes of at least 4 members (excludes halogenated alkanes) is 1. The number of hydrogen-bond donors (Lipinski definition) is 0. The van der Waals surface area contributed by atoms with Crippen LogP contribution in [0.4, 0.5) is 5.82 Å². The molecular formula is C26H28N2O4. The Morgan fingerprint density at radius 1 is 1.12 bits per heavy atom. The van der Waals surface area contributed by atoms with Crippen LogP contribution in [0.1, 0.15) is 57.1 Å². The summed E-state index contributed by atoms with van der Waals surface area (Å²) >= 11 is 0. The Labute approximate surface area is 188 Å². The first-order valence-electron chi connectivity index (χ1n) is 11.6. The van der Waals surface area contributed by atoms with Crippen LogP contribution in [0.3, 0.4) is 0 Å². The molecule has 3 heterocycles. The summed E-state index contributed by atoms with van der Waals surface area (Å²) < 4.78 is 12.1. The normalized spacial score (nSPS) is 24.8. The van der Waals surface area contributed by atoms with Crippen molar-refractivity contribution in [3.63, 3.8) is 0 Å². The third-order valence-corrected chi connectivity index (χ3v) is 6.60. The highest BCUT2D eigenvalue weighted by molar-refractivity contribution is 6.17. The number of nitrogens with zero attached hydrogens (tertiary/aromatic N) is 2. The van der Waals surface area contributed by atoms with Gasteiger partial charge in [0.15, 0.2) is 11.5 Å². The van der Waals surface area contributed by atoms with Crippen molar-refractivity contribution in [2.75, 3.05) is 11.5 Å². The molecular weight excluding hydrogens is 404 g/mol. The minimum atomic E-state index is -0.572. The molecule has 0 saturated heterocycles. The van der Waals surface area contributed by atoms with Gasteiger partial charge in [-0.2, -0.15) is 0 Å². The molecule has 0 spiro atoms. The number of pyridine rings is 1. The number of Topliss-reactive ketones (excluding diaryl/α,β-unsaturated/α-hetero) is 1. The minimum absolute atomic E-state index is 0.0463. The highest BCUT2D eigenvalue weighted by Gasteiger charge is 2.52. The third-order valence-electron chi connectivity index (χ3n) is 6.60. The fraction of sp³-hybridized carbons (Fsp3) is 0.423. The number of ether oxygens (including phenoxy) is 2. The second-order valence-corrected chi connectivity index (χ2v) is 8.69. The summed E-state index contributed by atoms with van der Waals surface area (Å²) in [5, 5.41) is 0. The van der Waals surface area contributed by atoms with E-state index in [4.69, 9.17) is 9.47 Å². The summed E-state index contributed by atoms with van der Waals surface area (Å²) in [5.41, 5.74) is 1.30. The zero-order chi connectivity index (χ0) is 22.1. The maximum absolute atomic E-state index is 13.7. The number of carbonyl (C=O) groups is 2. The number of fused-ring (bicyclic) bond motifs is 1. The number of ketones is 1. The standard InChI is InChI=1S/C26H28N2O4/c1-2-3-15-31-18-10-8-9-17(16-18)23-22-24(29)19-11-4-5-12-20(19)32-25(22)26(30)28(23)21-13-6-7-14-27-21/h6-10,13-14,16,19-20,23H,2-5,11-12,15H2,1H3. The lowest BCUT2D eigenvalue weighted by Crippen LogP contribution is -2.39. The van der Waals surface area contributed by atoms with Crippen LogP contribution in [0.15, 0.2) is 60.0 Å². The van der Waals surface area contributed by atoms with Gasteiger partial charge in [-0.15, -0.1) is 0 Å². The summed E-state index contributed by atoms with van der Waals surface area (Å²) in [4.78, 5) is 33.3. The SMILES string of the molecule is CCCCOc1cccc(C2C3=C(OC4CCCCC4C3=O)C(=O)N2c2ccccn2)c1. The fourth-order valence-corrected chi connectivity index (χ4v) is 5.00. The quantitative estimate of drug-likeness (QED) is 0.616. The molecule has 1 aliphatic carbocycles. The smallest absolute Gasteiger partial charge is 0.295 e. The van der Waals surface area contributed by atoms with Gasteiger partial charge in [-0.05, 0) is 55.5 Å². The third kappa shape index (κ3) is 3.57. The van der Waals surface area contributed by atoms with Crippen molar-refractivity contribution in [1.29, 1.82) is 0 Å². The van der Waals surface area contributed by atoms with E-state index in [1.54, 1.807) is 17.2 Å². The molecule has 3 aliphatic rings. The predicted molar refractivity (Wildman–Crippen MR) is 120 cm³/mol. The highest BCUT2D eigenvalue weighted by atomic mass is 16.5. The van der Waals surface area contributed by atoms with Crippen molar-refractivity contribution < 1.29 is 19.1 Å². The first-order chi connectivity index (χ1) is 15.7. The molecule has 6 heteroatoms. The average Bonchev–Trinajstić information content (AvgIpc) is 3.13. The minimum Gasteiger partial charge on any atom is -0.494 e. The van der Waals surface area contributed by atoms with Gasteiger partial charge in [0.05, 0.1) is 24.1 Å². The second-order valence-electron chi connectivity index (χ2n) is 8.69. The van der Waals surface area contributed by atoms with Crippen molar-refractivity contribution in [2.24, 2.45) is 5.92 Å². The number of rotatable bonds is 6. The van der Waals surface area contributed by atoms with Gasteiger partial charge in [0.2, 0.25) is 0 Å². The monoisotopic (exact) mass is 432 g/mol. The van der Waals surface area contributed by atoms with E-state index >= 15 is 0 Å². The van der Waals surface area contributed by atoms with E-state index in [-0.39, 0.29) is 29.5 Å². The van der Waals surface area contributed by atoms with Crippen molar-refractivity contribution in [3.05, 3.63) is 65.6 Å². The maximum atomic E-state index is 13.7. The van der Waals surface area contributed by atoms with E-state index in [9.17, 15) is 9.59 Å². The number of carbonyl (C=O) groups excluding carboxylic acids is 2. The zero-order valence-corrected chi connectivity index (χ0v) is 18.3. The highest BCUT2D eigenvalue weighted by Crippen LogP contribution is 2.48. The van der Waals surface area contributed by atoms with Gasteiger partial charge in [-0.25, -0.2) is 4.98 Å². The molecule has 1 saturated carbocycles. The number of benzene rings is 1. The summed E-state index contributed by atoms with van der Waals surface area (Å²) in [5.74, 6) is 1.02. The molecule has 1 fully saturated rings. The van der Waals surface area contributed by atoms with Gasteiger partial charge < -0.3 is 9.47 Å². The summed E-state index contributed by atoms with van der Waals surface area (Å²) in [6.07, 6.45) is 7.14. The van der Waals surface area contributed by atoms with Crippen LogP contribution in [0.25, 0.3) is 0 Å². The molecule has 3 unspecified atom stereocenters. The molecule has 0 N–H and O–H groups in total. The molecule has 2 aliphatic heterocycles. The lowest BCUT2D eigenvalue weighted by atomic mass is 9.77. The molecule has 0 bridgehead atoms. The number of hydrogen-bond acceptors (Lipinski definition) is 5. The van der Waals surface area contributed by atoms with Gasteiger partial charge >= 0.3 is 0 Å². The predicted octanol–water partition coefficient (Wildman–Crippen LogP) is 4.76. The zero-order valence-electron chi connectivity index (χ0n) is 18.3. The summed E-state index contributed by atoms with van der Waals surface area (Å²) in [6, 6.07) is 12.6. The van der Waals surface area contributed by atoms with Gasteiger partial charge in [0.1, 0.15) is 17.7 Å². The Hall–Kier alpha value is -3.15. The molecule has 5 rings (SSSR count). The topological polar surface area (TPSA) is 68.7 Å². The van der Waals surface area contributed by atoms with Crippen LogP contribution in [0.2, 0.25) is 0 Å². The molecule has 3 atom stereocenters. The van der Waals surface area contributed by atoms with Crippen LogP contribution in [-0.4, -0.2) is 29.4 Å². The van der Waals surface area contributed by atoms with Crippen LogP contribution >= 0.6 is 0 Å². The molecule has 0 radical (unpaired) electrons. The van der Waals surface area contributed by atoms with Gasteiger partial charge in [-0.1, -0.05) is 38.0 Å². The largest absolute Gasteiger partial charge is 0.494 e. The lowest BCUT2D eigenvalue weighted by Gasteiger charge is -2.35. The Morgan fingerprint density at radius 2 is 2.00 bits per heavy atom. The summed E-state index contributed by atoms with van der Waals surface area (Å²) in [7, 11) is 0. The molecule has 32 heavy (non-hydrogen) atoms. The fourth-order valence-electron chi connectivity index (χ4n) is 5.00. The van der Waals surface area contributed by atoms with Gasteiger partial charge in [0, 0.05) is 6.20 Å². The van der Waals surface area contributed by atoms with Crippen molar-refractivity contribution in [3.8, 4) is 5.75 Å². The lowest BCUT2D eigenvalue weighted by molar-refractivity contribution is -0.131. The van der Waals surface area contributed by atoms with Crippen molar-refractivity contribution in [2.45, 2.75) is 57.6 Å². The maximum Gasteiger partial charge on any atom is 0.295 e. The number of aromatic nitrogens is 1. The van der Waals surface area contributed by atoms with Gasteiger partial charge in [-0.3, -0.25) is 14.5 Å². The van der Waals surface area contributed by atoms with Crippen molar-refractivity contribution in [1.82, 2.24) is 4.98 Å². The molecule has 166 valence electrons. The van der Waals surface area contributed by atoms with E-state index in [0.717, 1.165) is 49.8 Å². The summed E-state index contributed by atoms with van der Waals surface area (Å²) in [6.45, 7) is 2.75. The first-order valence-corrected chi connectivity index (χ1v) is 11.6. The van der Waals surface area contributed by atoms with E-state index in [1.807, 2.05) is 36.4 Å². The molecule has 1 aromatic carbocycles.